The molecular formula is C21H24BrN5O. The first-order valence-corrected chi connectivity index (χ1v) is 10.3. The second-order valence-electron chi connectivity index (χ2n) is 7.55. The van der Waals surface area contributed by atoms with Gasteiger partial charge in [0.15, 0.2) is 5.82 Å². The number of ketones is 1. The number of carbonyl (C=O) groups excluding carboxylic acids is 1. The summed E-state index contributed by atoms with van der Waals surface area (Å²) < 4.78 is 2.53. The van der Waals surface area contributed by atoms with E-state index in [9.17, 15) is 4.79 Å². The molecule has 0 radical (unpaired) electrons. The minimum Gasteiger partial charge on any atom is -0.371 e. The Morgan fingerprint density at radius 3 is 2.61 bits per heavy atom. The first kappa shape index (κ1) is 19.1. The lowest BCUT2D eigenvalue weighted by Gasteiger charge is -2.36. The van der Waals surface area contributed by atoms with E-state index in [1.165, 1.54) is 5.69 Å². The van der Waals surface area contributed by atoms with Crippen LogP contribution in [0.25, 0.3) is 11.0 Å². The number of anilines is 1. The van der Waals surface area contributed by atoms with Crippen molar-refractivity contribution in [1.29, 1.82) is 0 Å². The molecule has 1 saturated heterocycles. The first-order chi connectivity index (χ1) is 13.4. The van der Waals surface area contributed by atoms with Crippen LogP contribution in [0.1, 0.15) is 29.0 Å². The van der Waals surface area contributed by atoms with Gasteiger partial charge in [0.05, 0.1) is 11.0 Å². The molecule has 1 aromatic carbocycles. The summed E-state index contributed by atoms with van der Waals surface area (Å²) in [7, 11) is 6.21. The number of fused-ring (bicyclic) bond motifs is 1. The van der Waals surface area contributed by atoms with Crippen LogP contribution in [0.4, 0.5) is 5.69 Å². The third-order valence-corrected chi connectivity index (χ3v) is 6.05. The van der Waals surface area contributed by atoms with E-state index in [-0.39, 0.29) is 5.78 Å². The Morgan fingerprint density at radius 2 is 1.93 bits per heavy atom. The Morgan fingerprint density at radius 1 is 1.18 bits per heavy atom. The van der Waals surface area contributed by atoms with Crippen LogP contribution in [0.3, 0.4) is 0 Å². The van der Waals surface area contributed by atoms with Gasteiger partial charge in [-0.25, -0.2) is 9.97 Å². The van der Waals surface area contributed by atoms with Gasteiger partial charge in [0.1, 0.15) is 4.60 Å². The summed E-state index contributed by atoms with van der Waals surface area (Å²) in [5, 5.41) is 0. The highest BCUT2D eigenvalue weighted by Crippen LogP contribution is 2.27. The molecule has 0 aliphatic carbocycles. The van der Waals surface area contributed by atoms with Gasteiger partial charge in [-0.2, -0.15) is 0 Å². The van der Waals surface area contributed by atoms with E-state index in [0.717, 1.165) is 37.0 Å². The highest BCUT2D eigenvalue weighted by molar-refractivity contribution is 9.10. The van der Waals surface area contributed by atoms with Gasteiger partial charge < -0.3 is 14.4 Å². The predicted molar refractivity (Wildman–Crippen MR) is 115 cm³/mol. The lowest BCUT2D eigenvalue weighted by molar-refractivity contribution is 0.102. The van der Waals surface area contributed by atoms with Gasteiger partial charge in [0, 0.05) is 43.6 Å². The fraction of sp³-hybridized carbons (Fsp3) is 0.381. The molecule has 1 fully saturated rings. The van der Waals surface area contributed by atoms with Gasteiger partial charge in [-0.05, 0) is 73.2 Å². The number of aryl methyl sites for hydroxylation is 1. The third kappa shape index (κ3) is 3.56. The molecule has 146 valence electrons. The maximum Gasteiger partial charge on any atom is 0.228 e. The second-order valence-corrected chi connectivity index (χ2v) is 8.36. The standard InChI is InChI=1S/C21H24BrN5O/c1-25(2)15-7-10-27(11-8-15)16-4-5-17-18(13-16)26(3)21(24-17)20(28)14-6-9-23-19(22)12-14/h4-6,9,12-13,15H,7-8,10-11H2,1-3H3. The van der Waals surface area contributed by atoms with Gasteiger partial charge in [-0.1, -0.05) is 0 Å². The summed E-state index contributed by atoms with van der Waals surface area (Å²) in [4.78, 5) is 26.4. The summed E-state index contributed by atoms with van der Waals surface area (Å²) in [6.07, 6.45) is 3.95. The number of carbonyl (C=O) groups is 1. The van der Waals surface area contributed by atoms with Crippen molar-refractivity contribution in [2.24, 2.45) is 7.05 Å². The van der Waals surface area contributed by atoms with E-state index < -0.39 is 0 Å². The molecule has 3 aromatic rings. The lowest BCUT2D eigenvalue weighted by atomic mass is 10.0. The van der Waals surface area contributed by atoms with E-state index in [1.807, 2.05) is 17.7 Å². The number of benzene rings is 1. The molecule has 28 heavy (non-hydrogen) atoms. The smallest absolute Gasteiger partial charge is 0.228 e. The van der Waals surface area contributed by atoms with Crippen molar-refractivity contribution in [2.75, 3.05) is 32.1 Å². The van der Waals surface area contributed by atoms with Crippen LogP contribution in [0, 0.1) is 0 Å². The van der Waals surface area contributed by atoms with Crippen molar-refractivity contribution in [2.45, 2.75) is 18.9 Å². The highest BCUT2D eigenvalue weighted by atomic mass is 79.9. The SMILES string of the molecule is CN(C)C1CCN(c2ccc3nc(C(=O)c4ccnc(Br)c4)n(C)c3c2)CC1. The molecule has 0 saturated carbocycles. The fourth-order valence-corrected chi connectivity index (χ4v) is 4.26. The van der Waals surface area contributed by atoms with E-state index in [1.54, 1.807) is 18.3 Å². The maximum absolute atomic E-state index is 12.9. The Kier molecular flexibility index (Phi) is 5.21. The van der Waals surface area contributed by atoms with E-state index in [0.29, 0.717) is 22.0 Å². The van der Waals surface area contributed by atoms with Crippen molar-refractivity contribution < 1.29 is 4.79 Å². The summed E-state index contributed by atoms with van der Waals surface area (Å²) in [6.45, 7) is 2.09. The van der Waals surface area contributed by atoms with Crippen molar-refractivity contribution in [3.8, 4) is 0 Å². The zero-order valence-corrected chi connectivity index (χ0v) is 18.0. The van der Waals surface area contributed by atoms with Crippen LogP contribution in [0.2, 0.25) is 0 Å². The molecule has 4 rings (SSSR count). The monoisotopic (exact) mass is 441 g/mol. The van der Waals surface area contributed by atoms with Crippen molar-refractivity contribution in [1.82, 2.24) is 19.4 Å². The maximum atomic E-state index is 12.9. The minimum absolute atomic E-state index is 0.102. The predicted octanol–water partition coefficient (Wildman–Crippen LogP) is 3.49. The van der Waals surface area contributed by atoms with Crippen LogP contribution in [0.15, 0.2) is 41.1 Å². The number of pyridine rings is 1. The number of imidazole rings is 1. The summed E-state index contributed by atoms with van der Waals surface area (Å²) in [6, 6.07) is 10.4. The van der Waals surface area contributed by atoms with Crippen molar-refractivity contribution in [3.63, 3.8) is 0 Å². The zero-order chi connectivity index (χ0) is 19.8. The lowest BCUT2D eigenvalue weighted by Crippen LogP contribution is -2.41. The third-order valence-electron chi connectivity index (χ3n) is 5.62. The molecule has 3 heterocycles. The summed E-state index contributed by atoms with van der Waals surface area (Å²) >= 11 is 3.32. The number of hydrogen-bond donors (Lipinski definition) is 0. The normalized spacial score (nSPS) is 15.5. The van der Waals surface area contributed by atoms with Crippen LogP contribution in [0.5, 0.6) is 0 Å². The number of rotatable bonds is 4. The molecule has 1 aliphatic heterocycles. The number of nitrogens with zero attached hydrogens (tertiary/aromatic N) is 5. The van der Waals surface area contributed by atoms with Crippen LogP contribution < -0.4 is 4.90 Å². The number of aromatic nitrogens is 3. The molecule has 0 atom stereocenters. The summed E-state index contributed by atoms with van der Waals surface area (Å²) in [5.74, 6) is 0.340. The Balaban J connectivity index is 1.62. The molecule has 0 bridgehead atoms. The number of hydrogen-bond acceptors (Lipinski definition) is 5. The summed E-state index contributed by atoms with van der Waals surface area (Å²) in [5.41, 5.74) is 3.58. The van der Waals surface area contributed by atoms with Crippen molar-refractivity contribution in [3.05, 3.63) is 52.5 Å². The van der Waals surface area contributed by atoms with Crippen LogP contribution >= 0.6 is 15.9 Å². The molecule has 6 nitrogen and oxygen atoms in total. The van der Waals surface area contributed by atoms with Crippen molar-refractivity contribution >= 4 is 38.4 Å². The van der Waals surface area contributed by atoms with E-state index in [4.69, 9.17) is 0 Å². The Bertz CT molecular complexity index is 1020. The van der Waals surface area contributed by atoms with Gasteiger partial charge in [-0.3, -0.25) is 4.79 Å². The quantitative estimate of drug-likeness (QED) is 0.458. The van der Waals surface area contributed by atoms with E-state index in [2.05, 4.69) is 61.9 Å². The molecule has 1 aliphatic rings. The average Bonchev–Trinajstić information content (AvgIpc) is 3.03. The van der Waals surface area contributed by atoms with Gasteiger partial charge >= 0.3 is 0 Å². The number of halogens is 1. The first-order valence-electron chi connectivity index (χ1n) is 9.48. The van der Waals surface area contributed by atoms with Gasteiger partial charge in [0.2, 0.25) is 5.78 Å². The largest absolute Gasteiger partial charge is 0.371 e. The van der Waals surface area contributed by atoms with Gasteiger partial charge in [0.25, 0.3) is 0 Å². The minimum atomic E-state index is -0.102. The molecular weight excluding hydrogens is 418 g/mol. The Labute approximate surface area is 173 Å². The Hall–Kier alpha value is -2.25. The second kappa shape index (κ2) is 7.64. The average molecular weight is 442 g/mol. The van der Waals surface area contributed by atoms with Gasteiger partial charge in [-0.15, -0.1) is 0 Å². The fourth-order valence-electron chi connectivity index (χ4n) is 3.89. The molecule has 0 spiro atoms. The topological polar surface area (TPSA) is 54.3 Å². The van der Waals surface area contributed by atoms with Crippen LogP contribution in [-0.4, -0.2) is 58.4 Å². The molecule has 0 N–H and O–H groups in total. The number of piperidine rings is 1. The van der Waals surface area contributed by atoms with E-state index >= 15 is 0 Å². The molecule has 0 unspecified atom stereocenters. The molecule has 7 heteroatoms. The molecule has 2 aromatic heterocycles. The zero-order valence-electron chi connectivity index (χ0n) is 16.4. The van der Waals surface area contributed by atoms with Crippen LogP contribution in [-0.2, 0) is 7.05 Å². The highest BCUT2D eigenvalue weighted by Gasteiger charge is 2.22. The molecule has 0 amide bonds.